The van der Waals surface area contributed by atoms with Crippen LogP contribution in [-0.4, -0.2) is 39.9 Å². The van der Waals surface area contributed by atoms with Gasteiger partial charge in [-0.25, -0.2) is 13.1 Å². The molecule has 2 N–H and O–H groups in total. The fourth-order valence-electron chi connectivity index (χ4n) is 3.68. The van der Waals surface area contributed by atoms with Crippen molar-refractivity contribution < 1.29 is 13.2 Å². The number of sulfonamides is 1. The summed E-state index contributed by atoms with van der Waals surface area (Å²) < 4.78 is 28.1. The molecule has 4 aromatic rings. The first-order valence-corrected chi connectivity index (χ1v) is 13.3. The van der Waals surface area contributed by atoms with E-state index in [0.717, 1.165) is 16.3 Å². The molecule has 0 saturated heterocycles. The van der Waals surface area contributed by atoms with E-state index in [-0.39, 0.29) is 23.4 Å². The van der Waals surface area contributed by atoms with Gasteiger partial charge in [-0.15, -0.1) is 11.3 Å². The van der Waals surface area contributed by atoms with E-state index in [0.29, 0.717) is 12.1 Å². The first kappa shape index (κ1) is 24.1. The van der Waals surface area contributed by atoms with Gasteiger partial charge in [-0.3, -0.25) is 4.79 Å². The van der Waals surface area contributed by atoms with Crippen LogP contribution < -0.4 is 10.0 Å². The van der Waals surface area contributed by atoms with Crippen molar-refractivity contribution in [1.29, 1.82) is 0 Å². The number of hydrogen-bond acceptors (Lipinski definition) is 5. The quantitative estimate of drug-likeness (QED) is 0.362. The zero-order valence-electron chi connectivity index (χ0n) is 19.1. The van der Waals surface area contributed by atoms with Gasteiger partial charge in [0.1, 0.15) is 0 Å². The average Bonchev–Trinajstić information content (AvgIpc) is 3.37. The van der Waals surface area contributed by atoms with Crippen molar-refractivity contribution >= 4 is 38.0 Å². The van der Waals surface area contributed by atoms with Gasteiger partial charge in [-0.1, -0.05) is 48.5 Å². The average molecular weight is 494 g/mol. The van der Waals surface area contributed by atoms with Crippen molar-refractivity contribution in [3.05, 3.63) is 100 Å². The smallest absolute Gasteiger partial charge is 0.251 e. The molecule has 8 heteroatoms. The van der Waals surface area contributed by atoms with Gasteiger partial charge in [0.2, 0.25) is 10.0 Å². The fourth-order valence-corrected chi connectivity index (χ4v) is 5.66. The van der Waals surface area contributed by atoms with E-state index in [1.54, 1.807) is 53.8 Å². The lowest BCUT2D eigenvalue weighted by Crippen LogP contribution is -2.34. The van der Waals surface area contributed by atoms with E-state index in [2.05, 4.69) is 21.0 Å². The second-order valence-electron chi connectivity index (χ2n) is 8.24. The van der Waals surface area contributed by atoms with E-state index >= 15 is 0 Å². The van der Waals surface area contributed by atoms with Crippen molar-refractivity contribution in [2.75, 3.05) is 20.6 Å². The second-order valence-corrected chi connectivity index (χ2v) is 11.0. The van der Waals surface area contributed by atoms with Crippen LogP contribution in [0.2, 0.25) is 0 Å². The number of amides is 1. The number of fused-ring (bicyclic) bond motifs is 1. The third-order valence-corrected chi connectivity index (χ3v) is 8.04. The zero-order chi connectivity index (χ0) is 24.1. The first-order valence-electron chi connectivity index (χ1n) is 10.9. The molecule has 3 aromatic carbocycles. The SMILES string of the molecule is CN(C)[C@H](CNC(=O)c1ccc(CNS(=O)(=O)c2ccc3ccccc3c2)cc1)c1cccs1. The van der Waals surface area contributed by atoms with Gasteiger partial charge < -0.3 is 10.2 Å². The molecular weight excluding hydrogens is 466 g/mol. The summed E-state index contributed by atoms with van der Waals surface area (Å²) in [7, 11) is 0.324. The molecular formula is C26H27N3O3S2. The molecule has 6 nitrogen and oxygen atoms in total. The molecule has 34 heavy (non-hydrogen) atoms. The van der Waals surface area contributed by atoms with E-state index in [1.807, 2.05) is 49.8 Å². The van der Waals surface area contributed by atoms with Gasteiger partial charge in [0.25, 0.3) is 5.91 Å². The maximum absolute atomic E-state index is 12.7. The van der Waals surface area contributed by atoms with Crippen LogP contribution in [0.25, 0.3) is 10.8 Å². The minimum atomic E-state index is -3.66. The Morgan fingerprint density at radius 3 is 2.35 bits per heavy atom. The van der Waals surface area contributed by atoms with E-state index in [4.69, 9.17) is 0 Å². The standard InChI is InChI=1S/C26H27N3O3S2/c1-29(2)24(25-8-5-15-33-25)18-27-26(30)21-11-9-19(10-12-21)17-28-34(31,32)23-14-13-20-6-3-4-7-22(20)16-23/h3-16,24,28H,17-18H2,1-2H3,(H,27,30)/t24-/m1/s1. The summed E-state index contributed by atoms with van der Waals surface area (Å²) in [5.41, 5.74) is 1.30. The van der Waals surface area contributed by atoms with Crippen molar-refractivity contribution in [2.45, 2.75) is 17.5 Å². The predicted octanol–water partition coefficient (Wildman–Crippen LogP) is 4.41. The van der Waals surface area contributed by atoms with Gasteiger partial charge in [-0.2, -0.15) is 0 Å². The first-order chi connectivity index (χ1) is 16.3. The topological polar surface area (TPSA) is 78.5 Å². The molecule has 0 saturated carbocycles. The molecule has 0 unspecified atom stereocenters. The Kier molecular flexibility index (Phi) is 7.43. The highest BCUT2D eigenvalue weighted by Crippen LogP contribution is 2.22. The van der Waals surface area contributed by atoms with Crippen LogP contribution in [0, 0.1) is 0 Å². The molecule has 176 valence electrons. The van der Waals surface area contributed by atoms with E-state index in [9.17, 15) is 13.2 Å². The zero-order valence-corrected chi connectivity index (χ0v) is 20.7. The second kappa shape index (κ2) is 10.5. The molecule has 0 spiro atoms. The van der Waals surface area contributed by atoms with Crippen LogP contribution in [-0.2, 0) is 16.6 Å². The highest BCUT2D eigenvalue weighted by atomic mass is 32.2. The Labute approximate surface area is 204 Å². The third kappa shape index (κ3) is 5.71. The van der Waals surface area contributed by atoms with Gasteiger partial charge in [-0.05, 0) is 66.1 Å². The van der Waals surface area contributed by atoms with Gasteiger partial charge in [0, 0.05) is 23.5 Å². The van der Waals surface area contributed by atoms with Crippen LogP contribution in [0.4, 0.5) is 0 Å². The lowest BCUT2D eigenvalue weighted by atomic mass is 10.1. The Hall–Kier alpha value is -3.04. The summed E-state index contributed by atoms with van der Waals surface area (Å²) in [5.74, 6) is -0.160. The van der Waals surface area contributed by atoms with Crippen LogP contribution >= 0.6 is 11.3 Å². The molecule has 0 bridgehead atoms. The highest BCUT2D eigenvalue weighted by molar-refractivity contribution is 7.89. The number of rotatable bonds is 9. The van der Waals surface area contributed by atoms with Crippen molar-refractivity contribution in [3.8, 4) is 0 Å². The van der Waals surface area contributed by atoms with Gasteiger partial charge in [0.15, 0.2) is 0 Å². The fraction of sp³-hybridized carbons (Fsp3) is 0.192. The summed E-state index contributed by atoms with van der Waals surface area (Å²) >= 11 is 1.67. The van der Waals surface area contributed by atoms with Crippen LogP contribution in [0.3, 0.4) is 0 Å². The molecule has 1 heterocycles. The monoisotopic (exact) mass is 493 g/mol. The molecule has 0 aliphatic carbocycles. The van der Waals surface area contributed by atoms with Gasteiger partial charge >= 0.3 is 0 Å². The Balaban J connectivity index is 1.36. The lowest BCUT2D eigenvalue weighted by Gasteiger charge is -2.23. The number of likely N-dealkylation sites (N-methyl/N-ethyl adjacent to an activating group) is 1. The van der Waals surface area contributed by atoms with Crippen molar-refractivity contribution in [2.24, 2.45) is 0 Å². The number of hydrogen-bond donors (Lipinski definition) is 2. The normalized spacial score (nSPS) is 12.7. The van der Waals surface area contributed by atoms with E-state index in [1.165, 1.54) is 4.88 Å². The van der Waals surface area contributed by atoms with Gasteiger partial charge in [0.05, 0.1) is 10.9 Å². The Morgan fingerprint density at radius 1 is 0.941 bits per heavy atom. The maximum Gasteiger partial charge on any atom is 0.251 e. The summed E-state index contributed by atoms with van der Waals surface area (Å²) in [4.78, 5) is 16.1. The summed E-state index contributed by atoms with van der Waals surface area (Å²) in [6.07, 6.45) is 0. The third-order valence-electron chi connectivity index (χ3n) is 5.66. The Morgan fingerprint density at radius 2 is 1.68 bits per heavy atom. The highest BCUT2D eigenvalue weighted by Gasteiger charge is 2.17. The maximum atomic E-state index is 12.7. The molecule has 4 rings (SSSR count). The predicted molar refractivity (Wildman–Crippen MR) is 137 cm³/mol. The number of nitrogens with one attached hydrogen (secondary N) is 2. The molecule has 1 atom stereocenters. The van der Waals surface area contributed by atoms with Crippen molar-refractivity contribution in [3.63, 3.8) is 0 Å². The Bertz CT molecular complexity index is 1370. The molecule has 0 fully saturated rings. The number of thiophene rings is 1. The molecule has 0 aliphatic rings. The molecule has 0 radical (unpaired) electrons. The number of carbonyl (C=O) groups excluding carboxylic acids is 1. The van der Waals surface area contributed by atoms with Crippen LogP contribution in [0.1, 0.15) is 26.8 Å². The van der Waals surface area contributed by atoms with Crippen LogP contribution in [0.15, 0.2) is 89.1 Å². The molecule has 1 amide bonds. The summed E-state index contributed by atoms with van der Waals surface area (Å²) in [6, 6.07) is 23.8. The minimum Gasteiger partial charge on any atom is -0.350 e. The minimum absolute atomic E-state index is 0.104. The van der Waals surface area contributed by atoms with Crippen molar-refractivity contribution in [1.82, 2.24) is 14.9 Å². The summed E-state index contributed by atoms with van der Waals surface area (Å²) in [5, 5.41) is 6.88. The molecule has 0 aliphatic heterocycles. The number of benzene rings is 3. The number of carbonyl (C=O) groups is 1. The van der Waals surface area contributed by atoms with E-state index < -0.39 is 10.0 Å². The summed E-state index contributed by atoms with van der Waals surface area (Å²) in [6.45, 7) is 0.637. The lowest BCUT2D eigenvalue weighted by molar-refractivity contribution is 0.0942. The van der Waals surface area contributed by atoms with Crippen LogP contribution in [0.5, 0.6) is 0 Å². The number of nitrogens with zero attached hydrogens (tertiary/aromatic N) is 1. The largest absolute Gasteiger partial charge is 0.350 e. The molecule has 1 aromatic heterocycles.